The largest absolute Gasteiger partial charge is 0.481 e. The number of rotatable bonds is 5. The number of carbonyl (C=O) groups is 1. The SMILES string of the molecule is Cc1cnc(NCC(C)CC(=O)O)nc1. The molecular formula is C10H15N3O2. The Morgan fingerprint density at radius 2 is 2.13 bits per heavy atom. The maximum atomic E-state index is 10.4. The van der Waals surface area contributed by atoms with Crippen LogP contribution in [0.25, 0.3) is 0 Å². The normalized spacial score (nSPS) is 12.1. The van der Waals surface area contributed by atoms with Crippen molar-refractivity contribution in [1.29, 1.82) is 0 Å². The first-order chi connectivity index (χ1) is 7.08. The summed E-state index contributed by atoms with van der Waals surface area (Å²) >= 11 is 0. The Labute approximate surface area is 88.6 Å². The van der Waals surface area contributed by atoms with Gasteiger partial charge in [-0.15, -0.1) is 0 Å². The quantitative estimate of drug-likeness (QED) is 0.764. The van der Waals surface area contributed by atoms with Gasteiger partial charge in [0.25, 0.3) is 0 Å². The molecule has 1 atom stereocenters. The van der Waals surface area contributed by atoms with Crippen molar-refractivity contribution in [2.24, 2.45) is 5.92 Å². The molecule has 82 valence electrons. The third-order valence-electron chi connectivity index (χ3n) is 1.91. The monoisotopic (exact) mass is 209 g/mol. The number of hydrogen-bond donors (Lipinski definition) is 2. The van der Waals surface area contributed by atoms with Crippen molar-refractivity contribution in [1.82, 2.24) is 9.97 Å². The van der Waals surface area contributed by atoms with Gasteiger partial charge < -0.3 is 10.4 Å². The van der Waals surface area contributed by atoms with Crippen LogP contribution in [0.4, 0.5) is 5.95 Å². The first-order valence-corrected chi connectivity index (χ1v) is 4.82. The summed E-state index contributed by atoms with van der Waals surface area (Å²) in [5, 5.41) is 11.5. The molecule has 0 saturated heterocycles. The molecule has 0 aromatic carbocycles. The van der Waals surface area contributed by atoms with Gasteiger partial charge in [0.1, 0.15) is 0 Å². The van der Waals surface area contributed by atoms with E-state index in [1.807, 2.05) is 13.8 Å². The summed E-state index contributed by atoms with van der Waals surface area (Å²) in [6.07, 6.45) is 3.59. The topological polar surface area (TPSA) is 75.1 Å². The van der Waals surface area contributed by atoms with Crippen molar-refractivity contribution in [2.75, 3.05) is 11.9 Å². The lowest BCUT2D eigenvalue weighted by molar-refractivity contribution is -0.137. The predicted molar refractivity (Wildman–Crippen MR) is 56.7 cm³/mol. The van der Waals surface area contributed by atoms with Gasteiger partial charge in [0.2, 0.25) is 5.95 Å². The van der Waals surface area contributed by atoms with Crippen LogP contribution in [0.3, 0.4) is 0 Å². The Kier molecular flexibility index (Phi) is 4.03. The first kappa shape index (κ1) is 11.4. The second-order valence-electron chi connectivity index (χ2n) is 3.67. The van der Waals surface area contributed by atoms with Crippen molar-refractivity contribution in [3.05, 3.63) is 18.0 Å². The fourth-order valence-electron chi connectivity index (χ4n) is 1.12. The maximum Gasteiger partial charge on any atom is 0.303 e. The van der Waals surface area contributed by atoms with Gasteiger partial charge in [-0.2, -0.15) is 0 Å². The zero-order valence-electron chi connectivity index (χ0n) is 8.90. The lowest BCUT2D eigenvalue weighted by Gasteiger charge is -2.09. The standard InChI is InChI=1S/C10H15N3O2/c1-7(3-9(14)15)4-11-10-12-5-8(2)6-13-10/h5-7H,3-4H2,1-2H3,(H,14,15)(H,11,12,13). The van der Waals surface area contributed by atoms with E-state index in [2.05, 4.69) is 15.3 Å². The summed E-state index contributed by atoms with van der Waals surface area (Å²) in [7, 11) is 0. The van der Waals surface area contributed by atoms with E-state index in [9.17, 15) is 4.79 Å². The van der Waals surface area contributed by atoms with Gasteiger partial charge in [0, 0.05) is 25.4 Å². The Morgan fingerprint density at radius 3 is 2.67 bits per heavy atom. The van der Waals surface area contributed by atoms with Crippen LogP contribution in [-0.2, 0) is 4.79 Å². The highest BCUT2D eigenvalue weighted by Crippen LogP contribution is 2.04. The summed E-state index contributed by atoms with van der Waals surface area (Å²) in [4.78, 5) is 18.5. The smallest absolute Gasteiger partial charge is 0.303 e. The molecule has 0 fully saturated rings. The third kappa shape index (κ3) is 4.39. The van der Waals surface area contributed by atoms with Crippen molar-refractivity contribution >= 4 is 11.9 Å². The van der Waals surface area contributed by atoms with Crippen molar-refractivity contribution in [3.8, 4) is 0 Å². The van der Waals surface area contributed by atoms with Crippen LogP contribution in [0.5, 0.6) is 0 Å². The predicted octanol–water partition coefficient (Wildman–Crippen LogP) is 1.31. The van der Waals surface area contributed by atoms with E-state index < -0.39 is 5.97 Å². The highest BCUT2D eigenvalue weighted by Gasteiger charge is 2.07. The average Bonchev–Trinajstić information content (AvgIpc) is 2.16. The molecule has 0 saturated carbocycles. The maximum absolute atomic E-state index is 10.4. The molecule has 0 aliphatic rings. The molecule has 2 N–H and O–H groups in total. The molecule has 0 aliphatic carbocycles. The molecule has 0 radical (unpaired) electrons. The number of anilines is 1. The minimum absolute atomic E-state index is 0.0624. The van der Waals surface area contributed by atoms with Gasteiger partial charge in [-0.25, -0.2) is 9.97 Å². The number of aryl methyl sites for hydroxylation is 1. The number of nitrogens with one attached hydrogen (secondary N) is 1. The molecule has 0 spiro atoms. The van der Waals surface area contributed by atoms with E-state index in [-0.39, 0.29) is 12.3 Å². The van der Waals surface area contributed by atoms with Gasteiger partial charge in [-0.3, -0.25) is 4.79 Å². The summed E-state index contributed by atoms with van der Waals surface area (Å²) in [5.41, 5.74) is 0.999. The fraction of sp³-hybridized carbons (Fsp3) is 0.500. The molecule has 1 aromatic heterocycles. The number of carboxylic acid groups (broad SMARTS) is 1. The minimum atomic E-state index is -0.783. The molecule has 5 nitrogen and oxygen atoms in total. The summed E-state index contributed by atoms with van der Waals surface area (Å²) in [6, 6.07) is 0. The second kappa shape index (κ2) is 5.29. The minimum Gasteiger partial charge on any atom is -0.481 e. The molecule has 1 rings (SSSR count). The first-order valence-electron chi connectivity index (χ1n) is 4.82. The van der Waals surface area contributed by atoms with Crippen molar-refractivity contribution in [3.63, 3.8) is 0 Å². The molecule has 0 amide bonds. The van der Waals surface area contributed by atoms with Gasteiger partial charge in [-0.1, -0.05) is 6.92 Å². The van der Waals surface area contributed by atoms with Crippen LogP contribution in [0, 0.1) is 12.8 Å². The number of aromatic nitrogens is 2. The highest BCUT2D eigenvalue weighted by atomic mass is 16.4. The van der Waals surface area contributed by atoms with Crippen LogP contribution < -0.4 is 5.32 Å². The molecule has 0 bridgehead atoms. The molecule has 1 aromatic rings. The highest BCUT2D eigenvalue weighted by molar-refractivity contribution is 5.67. The van der Waals surface area contributed by atoms with E-state index in [1.54, 1.807) is 12.4 Å². The van der Waals surface area contributed by atoms with Crippen LogP contribution >= 0.6 is 0 Å². The Bertz CT molecular complexity index is 324. The van der Waals surface area contributed by atoms with Crippen LogP contribution in [-0.4, -0.2) is 27.6 Å². The molecule has 0 aliphatic heterocycles. The number of nitrogens with zero attached hydrogens (tertiary/aromatic N) is 2. The number of hydrogen-bond acceptors (Lipinski definition) is 4. The summed E-state index contributed by atoms with van der Waals surface area (Å²) in [6.45, 7) is 4.35. The lowest BCUT2D eigenvalue weighted by Crippen LogP contribution is -2.16. The van der Waals surface area contributed by atoms with Gasteiger partial charge in [0.05, 0.1) is 0 Å². The van der Waals surface area contributed by atoms with E-state index in [0.29, 0.717) is 12.5 Å². The molecule has 5 heteroatoms. The Balaban J connectivity index is 2.36. The molecular weight excluding hydrogens is 194 g/mol. The van der Waals surface area contributed by atoms with E-state index in [1.165, 1.54) is 0 Å². The van der Waals surface area contributed by atoms with Gasteiger partial charge in [-0.05, 0) is 18.4 Å². The summed E-state index contributed by atoms with van der Waals surface area (Å²) in [5.74, 6) is -0.181. The zero-order valence-corrected chi connectivity index (χ0v) is 8.90. The van der Waals surface area contributed by atoms with Crippen molar-refractivity contribution in [2.45, 2.75) is 20.3 Å². The molecule has 1 unspecified atom stereocenters. The van der Waals surface area contributed by atoms with Crippen LogP contribution in [0.1, 0.15) is 18.9 Å². The third-order valence-corrected chi connectivity index (χ3v) is 1.91. The lowest BCUT2D eigenvalue weighted by atomic mass is 10.1. The number of carboxylic acids is 1. The average molecular weight is 209 g/mol. The second-order valence-corrected chi connectivity index (χ2v) is 3.67. The fourth-order valence-corrected chi connectivity index (χ4v) is 1.12. The van der Waals surface area contributed by atoms with Crippen LogP contribution in [0.2, 0.25) is 0 Å². The Hall–Kier alpha value is -1.65. The van der Waals surface area contributed by atoms with Crippen molar-refractivity contribution < 1.29 is 9.90 Å². The van der Waals surface area contributed by atoms with E-state index in [0.717, 1.165) is 5.56 Å². The molecule has 15 heavy (non-hydrogen) atoms. The van der Waals surface area contributed by atoms with E-state index >= 15 is 0 Å². The zero-order chi connectivity index (χ0) is 11.3. The molecule has 1 heterocycles. The van der Waals surface area contributed by atoms with Gasteiger partial charge in [0.15, 0.2) is 0 Å². The Morgan fingerprint density at radius 1 is 1.53 bits per heavy atom. The van der Waals surface area contributed by atoms with Gasteiger partial charge >= 0.3 is 5.97 Å². The number of aliphatic carboxylic acids is 1. The summed E-state index contributed by atoms with van der Waals surface area (Å²) < 4.78 is 0. The van der Waals surface area contributed by atoms with E-state index in [4.69, 9.17) is 5.11 Å². The van der Waals surface area contributed by atoms with Crippen LogP contribution in [0.15, 0.2) is 12.4 Å².